The first-order chi connectivity index (χ1) is 9.54. The molecule has 0 saturated heterocycles. The lowest BCUT2D eigenvalue weighted by Crippen LogP contribution is -2.30. The number of benzene rings is 2. The lowest BCUT2D eigenvalue weighted by molar-refractivity contribution is 0.318. The van der Waals surface area contributed by atoms with Crippen LogP contribution in [0.4, 0.5) is 4.39 Å². The first kappa shape index (κ1) is 14.7. The van der Waals surface area contributed by atoms with Gasteiger partial charge in [-0.1, -0.05) is 36.4 Å². The Morgan fingerprint density at radius 2 is 1.60 bits per heavy atom. The SMILES string of the molecule is CN(Cc1cccc(F)c1)Cc1cccc(B(O)O)c1. The second-order valence-corrected chi connectivity index (χ2v) is 4.92. The monoisotopic (exact) mass is 273 g/mol. The van der Waals surface area contributed by atoms with E-state index >= 15 is 0 Å². The summed E-state index contributed by atoms with van der Waals surface area (Å²) in [6.07, 6.45) is 0. The van der Waals surface area contributed by atoms with Crippen molar-refractivity contribution in [2.24, 2.45) is 0 Å². The molecule has 2 aromatic carbocycles. The van der Waals surface area contributed by atoms with Gasteiger partial charge in [-0.2, -0.15) is 0 Å². The second kappa shape index (κ2) is 6.66. The van der Waals surface area contributed by atoms with Crippen LogP contribution in [-0.2, 0) is 13.1 Å². The Hall–Kier alpha value is -1.69. The third-order valence-electron chi connectivity index (χ3n) is 3.04. The maximum atomic E-state index is 13.1. The topological polar surface area (TPSA) is 43.7 Å². The van der Waals surface area contributed by atoms with E-state index in [0.29, 0.717) is 18.6 Å². The van der Waals surface area contributed by atoms with Crippen LogP contribution in [0.3, 0.4) is 0 Å². The summed E-state index contributed by atoms with van der Waals surface area (Å²) in [5.41, 5.74) is 2.36. The van der Waals surface area contributed by atoms with E-state index in [1.165, 1.54) is 12.1 Å². The summed E-state index contributed by atoms with van der Waals surface area (Å²) in [7, 11) is 0.482. The summed E-state index contributed by atoms with van der Waals surface area (Å²) < 4.78 is 13.1. The molecule has 0 aliphatic carbocycles. The highest BCUT2D eigenvalue weighted by Crippen LogP contribution is 2.09. The van der Waals surface area contributed by atoms with E-state index in [4.69, 9.17) is 10.0 Å². The van der Waals surface area contributed by atoms with Crippen molar-refractivity contribution in [1.82, 2.24) is 4.90 Å². The molecule has 104 valence electrons. The highest BCUT2D eigenvalue weighted by atomic mass is 19.1. The van der Waals surface area contributed by atoms with Crippen molar-refractivity contribution in [3.05, 3.63) is 65.5 Å². The van der Waals surface area contributed by atoms with Gasteiger partial charge in [0, 0.05) is 13.1 Å². The molecule has 0 aromatic heterocycles. The van der Waals surface area contributed by atoms with Crippen LogP contribution in [0.5, 0.6) is 0 Å². The van der Waals surface area contributed by atoms with Crippen molar-refractivity contribution in [2.75, 3.05) is 7.05 Å². The molecular formula is C15H17BFNO2. The van der Waals surface area contributed by atoms with Crippen LogP contribution in [-0.4, -0.2) is 29.1 Å². The molecule has 0 bridgehead atoms. The van der Waals surface area contributed by atoms with Gasteiger partial charge in [0.2, 0.25) is 0 Å². The molecule has 0 saturated carbocycles. The van der Waals surface area contributed by atoms with Crippen LogP contribution >= 0.6 is 0 Å². The summed E-state index contributed by atoms with van der Waals surface area (Å²) in [6.45, 7) is 1.28. The van der Waals surface area contributed by atoms with Crippen LogP contribution in [0.2, 0.25) is 0 Å². The normalized spacial score (nSPS) is 10.8. The summed E-state index contributed by atoms with van der Waals surface area (Å²) in [6, 6.07) is 13.7. The lowest BCUT2D eigenvalue weighted by atomic mass is 9.79. The first-order valence-electron chi connectivity index (χ1n) is 6.42. The van der Waals surface area contributed by atoms with Gasteiger partial charge < -0.3 is 10.0 Å². The third kappa shape index (κ3) is 4.16. The lowest BCUT2D eigenvalue weighted by Gasteiger charge is -2.17. The average Bonchev–Trinajstić information content (AvgIpc) is 2.38. The second-order valence-electron chi connectivity index (χ2n) is 4.92. The van der Waals surface area contributed by atoms with E-state index in [2.05, 4.69) is 0 Å². The van der Waals surface area contributed by atoms with E-state index in [-0.39, 0.29) is 5.82 Å². The molecule has 0 radical (unpaired) electrons. The predicted octanol–water partition coefficient (Wildman–Crippen LogP) is 1.14. The van der Waals surface area contributed by atoms with Crippen LogP contribution < -0.4 is 5.46 Å². The summed E-state index contributed by atoms with van der Waals surface area (Å²) >= 11 is 0. The number of halogens is 1. The van der Waals surface area contributed by atoms with Crippen LogP contribution in [0.15, 0.2) is 48.5 Å². The standard InChI is InChI=1S/C15H17BFNO2/c1-18(11-13-5-3-7-15(17)9-13)10-12-4-2-6-14(8-12)16(19)20/h2-9,19-20H,10-11H2,1H3. The molecular weight excluding hydrogens is 256 g/mol. The molecule has 2 N–H and O–H groups in total. The van der Waals surface area contributed by atoms with E-state index in [1.807, 2.05) is 24.1 Å². The fourth-order valence-corrected chi connectivity index (χ4v) is 2.17. The Kier molecular flexibility index (Phi) is 4.90. The van der Waals surface area contributed by atoms with E-state index < -0.39 is 7.12 Å². The molecule has 0 spiro atoms. The maximum absolute atomic E-state index is 13.1. The molecule has 5 heteroatoms. The van der Waals surface area contributed by atoms with Gasteiger partial charge in [-0.25, -0.2) is 4.39 Å². The van der Waals surface area contributed by atoms with Crippen molar-refractivity contribution in [3.8, 4) is 0 Å². The number of hydrogen-bond donors (Lipinski definition) is 2. The molecule has 0 unspecified atom stereocenters. The van der Waals surface area contributed by atoms with Crippen molar-refractivity contribution in [1.29, 1.82) is 0 Å². The molecule has 2 aromatic rings. The molecule has 0 amide bonds. The quantitative estimate of drug-likeness (QED) is 0.803. The minimum Gasteiger partial charge on any atom is -0.423 e. The Balaban J connectivity index is 2.01. The van der Waals surface area contributed by atoms with Gasteiger partial charge >= 0.3 is 7.12 Å². The highest BCUT2D eigenvalue weighted by Gasteiger charge is 2.11. The van der Waals surface area contributed by atoms with Crippen molar-refractivity contribution >= 4 is 12.6 Å². The van der Waals surface area contributed by atoms with Gasteiger partial charge in [-0.05, 0) is 35.8 Å². The van der Waals surface area contributed by atoms with Gasteiger partial charge in [0.25, 0.3) is 0 Å². The molecule has 2 rings (SSSR count). The molecule has 0 fully saturated rings. The van der Waals surface area contributed by atoms with Gasteiger partial charge in [-0.15, -0.1) is 0 Å². The maximum Gasteiger partial charge on any atom is 0.488 e. The Morgan fingerprint density at radius 1 is 1.00 bits per heavy atom. The van der Waals surface area contributed by atoms with Crippen molar-refractivity contribution in [2.45, 2.75) is 13.1 Å². The summed E-state index contributed by atoms with van der Waals surface area (Å²) in [5, 5.41) is 18.3. The molecule has 0 aliphatic heterocycles. The first-order valence-corrected chi connectivity index (χ1v) is 6.42. The summed E-state index contributed by atoms with van der Waals surface area (Å²) in [4.78, 5) is 2.04. The van der Waals surface area contributed by atoms with Crippen LogP contribution in [0.25, 0.3) is 0 Å². The third-order valence-corrected chi connectivity index (χ3v) is 3.04. The van der Waals surface area contributed by atoms with E-state index in [1.54, 1.807) is 24.3 Å². The van der Waals surface area contributed by atoms with Crippen LogP contribution in [0, 0.1) is 5.82 Å². The summed E-state index contributed by atoms with van der Waals surface area (Å²) in [5.74, 6) is -0.235. The van der Waals surface area contributed by atoms with E-state index in [0.717, 1.165) is 11.1 Å². The molecule has 0 aliphatic rings. The molecule has 0 heterocycles. The Bertz CT molecular complexity index is 577. The predicted molar refractivity (Wildman–Crippen MR) is 77.8 cm³/mol. The Labute approximate surface area is 118 Å². The average molecular weight is 273 g/mol. The van der Waals surface area contributed by atoms with E-state index in [9.17, 15) is 4.39 Å². The van der Waals surface area contributed by atoms with Gasteiger partial charge in [0.1, 0.15) is 5.82 Å². The zero-order chi connectivity index (χ0) is 14.5. The zero-order valence-electron chi connectivity index (χ0n) is 11.3. The fraction of sp³-hybridized carbons (Fsp3) is 0.200. The minimum absolute atomic E-state index is 0.235. The highest BCUT2D eigenvalue weighted by molar-refractivity contribution is 6.58. The number of nitrogens with zero attached hydrogens (tertiary/aromatic N) is 1. The minimum atomic E-state index is -1.46. The largest absolute Gasteiger partial charge is 0.488 e. The number of hydrogen-bond acceptors (Lipinski definition) is 3. The smallest absolute Gasteiger partial charge is 0.423 e. The Morgan fingerprint density at radius 3 is 2.20 bits per heavy atom. The van der Waals surface area contributed by atoms with Crippen molar-refractivity contribution < 1.29 is 14.4 Å². The molecule has 0 atom stereocenters. The van der Waals surface area contributed by atoms with Gasteiger partial charge in [0.05, 0.1) is 0 Å². The van der Waals surface area contributed by atoms with Gasteiger partial charge in [0.15, 0.2) is 0 Å². The number of rotatable bonds is 5. The van der Waals surface area contributed by atoms with Crippen LogP contribution in [0.1, 0.15) is 11.1 Å². The molecule has 20 heavy (non-hydrogen) atoms. The fourth-order valence-electron chi connectivity index (χ4n) is 2.17. The van der Waals surface area contributed by atoms with Gasteiger partial charge in [-0.3, -0.25) is 4.90 Å². The van der Waals surface area contributed by atoms with Crippen molar-refractivity contribution in [3.63, 3.8) is 0 Å². The zero-order valence-corrected chi connectivity index (χ0v) is 11.3. The molecule has 3 nitrogen and oxygen atoms in total.